The van der Waals surface area contributed by atoms with Crippen LogP contribution in [-0.2, 0) is 10.2 Å². The van der Waals surface area contributed by atoms with E-state index in [1.54, 1.807) is 7.11 Å². The molecule has 0 atom stereocenters. The van der Waals surface area contributed by atoms with Gasteiger partial charge in [0.1, 0.15) is 12.0 Å². The maximum atomic E-state index is 11.3. The summed E-state index contributed by atoms with van der Waals surface area (Å²) in [4.78, 5) is 11.3. The molecule has 1 aliphatic rings. The van der Waals surface area contributed by atoms with E-state index in [0.29, 0.717) is 0 Å². The number of hydrogen-bond donors (Lipinski definition) is 0. The van der Waals surface area contributed by atoms with Crippen LogP contribution in [0.15, 0.2) is 36.4 Å². The quantitative estimate of drug-likeness (QED) is 0.752. The summed E-state index contributed by atoms with van der Waals surface area (Å²) in [5.41, 5.74) is 0.764. The van der Waals surface area contributed by atoms with Crippen LogP contribution in [-0.4, -0.2) is 13.4 Å². The molecule has 17 heavy (non-hydrogen) atoms. The molecule has 0 saturated heterocycles. The molecule has 0 bridgehead atoms. The highest BCUT2D eigenvalue weighted by atomic mass is 16.5. The van der Waals surface area contributed by atoms with Crippen molar-refractivity contribution in [2.75, 3.05) is 7.11 Å². The van der Waals surface area contributed by atoms with Crippen molar-refractivity contribution in [2.24, 2.45) is 0 Å². The van der Waals surface area contributed by atoms with Crippen LogP contribution in [0.5, 0.6) is 5.75 Å². The Morgan fingerprint density at radius 2 is 1.94 bits per heavy atom. The Balaban J connectivity index is 2.35. The molecule has 86 valence electrons. The second-order valence-corrected chi connectivity index (χ2v) is 4.64. The van der Waals surface area contributed by atoms with Crippen molar-refractivity contribution in [3.63, 3.8) is 0 Å². The Morgan fingerprint density at radius 1 is 1.18 bits per heavy atom. The number of carbonyl (C=O) groups excluding carboxylic acids is 1. The minimum atomic E-state index is -0.299. The zero-order chi connectivity index (χ0) is 11.9. The van der Waals surface area contributed by atoms with Gasteiger partial charge in [-0.2, -0.15) is 0 Å². The highest BCUT2D eigenvalue weighted by molar-refractivity contribution is 5.93. The normalized spacial score (nSPS) is 16.8. The highest BCUT2D eigenvalue weighted by Crippen LogP contribution is 2.52. The van der Waals surface area contributed by atoms with Crippen LogP contribution >= 0.6 is 0 Å². The molecule has 1 fully saturated rings. The number of benzene rings is 2. The van der Waals surface area contributed by atoms with Gasteiger partial charge >= 0.3 is 0 Å². The van der Waals surface area contributed by atoms with Gasteiger partial charge in [-0.1, -0.05) is 30.3 Å². The monoisotopic (exact) mass is 226 g/mol. The van der Waals surface area contributed by atoms with Crippen LogP contribution in [0.25, 0.3) is 10.8 Å². The van der Waals surface area contributed by atoms with Crippen molar-refractivity contribution in [3.8, 4) is 5.75 Å². The van der Waals surface area contributed by atoms with Crippen LogP contribution in [0, 0.1) is 0 Å². The number of rotatable bonds is 3. The predicted octanol–water partition coefficient (Wildman–Crippen LogP) is 3.08. The molecule has 0 spiro atoms. The van der Waals surface area contributed by atoms with Crippen LogP contribution in [0.3, 0.4) is 0 Å². The third kappa shape index (κ3) is 1.44. The van der Waals surface area contributed by atoms with Crippen molar-refractivity contribution in [1.29, 1.82) is 0 Å². The van der Waals surface area contributed by atoms with E-state index in [-0.39, 0.29) is 5.41 Å². The summed E-state index contributed by atoms with van der Waals surface area (Å²) in [7, 11) is 1.66. The maximum absolute atomic E-state index is 11.3. The molecular formula is C15H14O2. The molecule has 0 amide bonds. The van der Waals surface area contributed by atoms with Crippen molar-refractivity contribution in [3.05, 3.63) is 42.0 Å². The number of ether oxygens (including phenoxy) is 1. The van der Waals surface area contributed by atoms with Gasteiger partial charge < -0.3 is 9.53 Å². The standard InChI is InChI=1S/C15H14O2/c1-17-13-7-6-11-4-2-3-5-12(11)14(13)15(10-16)8-9-15/h2-7,10H,8-9H2,1H3. The fourth-order valence-electron chi connectivity index (χ4n) is 2.50. The van der Waals surface area contributed by atoms with Gasteiger partial charge in [0.15, 0.2) is 0 Å². The van der Waals surface area contributed by atoms with Gasteiger partial charge in [-0.05, 0) is 29.7 Å². The van der Waals surface area contributed by atoms with Gasteiger partial charge in [-0.3, -0.25) is 0 Å². The molecule has 3 rings (SSSR count). The summed E-state index contributed by atoms with van der Waals surface area (Å²) < 4.78 is 5.42. The molecule has 2 heteroatoms. The van der Waals surface area contributed by atoms with E-state index in [0.717, 1.165) is 41.2 Å². The fraction of sp³-hybridized carbons (Fsp3) is 0.267. The van der Waals surface area contributed by atoms with E-state index < -0.39 is 0 Å². The molecular weight excluding hydrogens is 212 g/mol. The molecule has 1 saturated carbocycles. The molecule has 0 N–H and O–H groups in total. The third-order valence-corrected chi connectivity index (χ3v) is 3.62. The summed E-state index contributed by atoms with van der Waals surface area (Å²) in [6, 6.07) is 12.2. The molecule has 0 unspecified atom stereocenters. The summed E-state index contributed by atoms with van der Waals surface area (Å²) in [6.45, 7) is 0. The molecule has 2 aromatic carbocycles. The zero-order valence-electron chi connectivity index (χ0n) is 9.77. The van der Waals surface area contributed by atoms with E-state index in [1.165, 1.54) is 0 Å². The van der Waals surface area contributed by atoms with Gasteiger partial charge in [-0.15, -0.1) is 0 Å². The topological polar surface area (TPSA) is 26.3 Å². The van der Waals surface area contributed by atoms with E-state index in [9.17, 15) is 4.79 Å². The first-order valence-corrected chi connectivity index (χ1v) is 5.83. The van der Waals surface area contributed by atoms with E-state index in [1.807, 2.05) is 24.3 Å². The minimum Gasteiger partial charge on any atom is -0.496 e. The van der Waals surface area contributed by atoms with Gasteiger partial charge in [0.25, 0.3) is 0 Å². The van der Waals surface area contributed by atoms with Crippen molar-refractivity contribution in [2.45, 2.75) is 18.3 Å². The smallest absolute Gasteiger partial charge is 0.130 e. The molecule has 2 nitrogen and oxygen atoms in total. The lowest BCUT2D eigenvalue weighted by atomic mass is 9.91. The lowest BCUT2D eigenvalue weighted by Gasteiger charge is -2.16. The largest absolute Gasteiger partial charge is 0.496 e. The van der Waals surface area contributed by atoms with Crippen LogP contribution in [0.1, 0.15) is 18.4 Å². The van der Waals surface area contributed by atoms with Crippen molar-refractivity contribution < 1.29 is 9.53 Å². The summed E-state index contributed by atoms with van der Waals surface area (Å²) in [5.74, 6) is 0.827. The van der Waals surface area contributed by atoms with Crippen LogP contribution in [0.4, 0.5) is 0 Å². The van der Waals surface area contributed by atoms with E-state index in [4.69, 9.17) is 4.74 Å². The number of hydrogen-bond acceptors (Lipinski definition) is 2. The van der Waals surface area contributed by atoms with Gasteiger partial charge in [0.05, 0.1) is 12.5 Å². The van der Waals surface area contributed by atoms with Gasteiger partial charge in [0.2, 0.25) is 0 Å². The zero-order valence-corrected chi connectivity index (χ0v) is 9.77. The summed E-state index contributed by atoms with van der Waals surface area (Å²) in [6.07, 6.45) is 2.94. The Kier molecular flexibility index (Phi) is 2.18. The SMILES string of the molecule is COc1ccc2ccccc2c1C1(C=O)CC1. The average Bonchev–Trinajstić information content (AvgIpc) is 3.18. The Hall–Kier alpha value is -1.83. The van der Waals surface area contributed by atoms with Gasteiger partial charge in [-0.25, -0.2) is 0 Å². The van der Waals surface area contributed by atoms with E-state index in [2.05, 4.69) is 12.1 Å². The van der Waals surface area contributed by atoms with Crippen LogP contribution in [0.2, 0.25) is 0 Å². The lowest BCUT2D eigenvalue weighted by molar-refractivity contribution is -0.109. The Labute approximate surface area is 100 Å². The average molecular weight is 226 g/mol. The van der Waals surface area contributed by atoms with Crippen LogP contribution < -0.4 is 4.74 Å². The summed E-state index contributed by atoms with van der Waals surface area (Å²) in [5, 5.41) is 2.30. The maximum Gasteiger partial charge on any atom is 0.130 e. The van der Waals surface area contributed by atoms with E-state index >= 15 is 0 Å². The van der Waals surface area contributed by atoms with Gasteiger partial charge in [0, 0.05) is 5.56 Å². The Bertz CT molecular complexity index is 582. The molecule has 0 radical (unpaired) electrons. The Morgan fingerprint density at radius 3 is 2.59 bits per heavy atom. The third-order valence-electron chi connectivity index (χ3n) is 3.62. The molecule has 0 aliphatic heterocycles. The minimum absolute atomic E-state index is 0.299. The highest BCUT2D eigenvalue weighted by Gasteiger charge is 2.47. The molecule has 0 heterocycles. The van der Waals surface area contributed by atoms with Crippen molar-refractivity contribution in [1.82, 2.24) is 0 Å². The predicted molar refractivity (Wildman–Crippen MR) is 67.5 cm³/mol. The number of aldehydes is 1. The number of fused-ring (bicyclic) bond motifs is 1. The molecule has 0 aromatic heterocycles. The first-order chi connectivity index (χ1) is 8.30. The fourth-order valence-corrected chi connectivity index (χ4v) is 2.50. The molecule has 2 aromatic rings. The first kappa shape index (κ1) is 10.3. The summed E-state index contributed by atoms with van der Waals surface area (Å²) >= 11 is 0. The number of methoxy groups -OCH3 is 1. The second-order valence-electron chi connectivity index (χ2n) is 4.64. The molecule has 1 aliphatic carbocycles. The van der Waals surface area contributed by atoms with Crippen molar-refractivity contribution >= 4 is 17.1 Å². The second kappa shape index (κ2) is 3.59. The number of carbonyl (C=O) groups is 1. The first-order valence-electron chi connectivity index (χ1n) is 5.83. The lowest BCUT2D eigenvalue weighted by Crippen LogP contribution is -2.10.